The van der Waals surface area contributed by atoms with Crippen molar-refractivity contribution in [1.29, 1.82) is 0 Å². The summed E-state index contributed by atoms with van der Waals surface area (Å²) < 4.78 is 45.4. The molecule has 0 aliphatic heterocycles. The minimum absolute atomic E-state index is 0.00612. The molecule has 1 amide bonds. The Hall–Kier alpha value is -2.45. The number of sulfonamides is 1. The van der Waals surface area contributed by atoms with Crippen LogP contribution < -0.4 is 14.8 Å². The smallest absolute Gasteiger partial charge is 0.239 e. The molecule has 8 heteroatoms. The third-order valence-corrected chi connectivity index (χ3v) is 4.49. The van der Waals surface area contributed by atoms with Gasteiger partial charge in [0, 0.05) is 5.56 Å². The van der Waals surface area contributed by atoms with Crippen LogP contribution in [0.3, 0.4) is 0 Å². The van der Waals surface area contributed by atoms with E-state index in [0.29, 0.717) is 17.9 Å². The quantitative estimate of drug-likeness (QED) is 0.751. The molecule has 0 aliphatic rings. The van der Waals surface area contributed by atoms with Crippen molar-refractivity contribution in [2.75, 3.05) is 18.5 Å². The van der Waals surface area contributed by atoms with Crippen LogP contribution in [0.2, 0.25) is 0 Å². The second-order valence-corrected chi connectivity index (χ2v) is 6.96. The van der Waals surface area contributed by atoms with Crippen molar-refractivity contribution >= 4 is 21.6 Å². The molecule has 0 saturated heterocycles. The average molecular weight is 366 g/mol. The van der Waals surface area contributed by atoms with Crippen LogP contribution in [0, 0.1) is 5.82 Å². The van der Waals surface area contributed by atoms with Gasteiger partial charge in [-0.3, -0.25) is 4.79 Å². The maximum atomic E-state index is 13.5. The summed E-state index contributed by atoms with van der Waals surface area (Å²) in [6.45, 7) is 1.72. The number of para-hydroxylation sites is 2. The van der Waals surface area contributed by atoms with E-state index in [0.717, 1.165) is 0 Å². The van der Waals surface area contributed by atoms with Gasteiger partial charge < -0.3 is 10.1 Å². The molecule has 0 unspecified atom stereocenters. The van der Waals surface area contributed by atoms with Crippen molar-refractivity contribution in [2.45, 2.75) is 12.7 Å². The van der Waals surface area contributed by atoms with E-state index in [1.165, 1.54) is 18.2 Å². The number of halogens is 1. The Morgan fingerprint density at radius 1 is 1.12 bits per heavy atom. The maximum absolute atomic E-state index is 13.5. The lowest BCUT2D eigenvalue weighted by molar-refractivity contribution is -0.115. The molecular formula is C17H19FN2O4S. The molecule has 0 heterocycles. The van der Waals surface area contributed by atoms with E-state index in [4.69, 9.17) is 4.74 Å². The van der Waals surface area contributed by atoms with Crippen LogP contribution in [-0.4, -0.2) is 27.5 Å². The Labute approximate surface area is 146 Å². The van der Waals surface area contributed by atoms with Gasteiger partial charge in [0.2, 0.25) is 15.9 Å². The van der Waals surface area contributed by atoms with E-state index in [1.54, 1.807) is 37.3 Å². The fourth-order valence-corrected chi connectivity index (χ4v) is 3.21. The van der Waals surface area contributed by atoms with Crippen molar-refractivity contribution < 1.29 is 22.3 Å². The lowest BCUT2D eigenvalue weighted by Crippen LogP contribution is -2.33. The molecule has 0 bridgehead atoms. The van der Waals surface area contributed by atoms with Crippen molar-refractivity contribution in [3.8, 4) is 5.75 Å². The number of amides is 1. The Kier molecular flexibility index (Phi) is 6.49. The number of ether oxygens (including phenoxy) is 1. The third-order valence-electron chi connectivity index (χ3n) is 3.22. The van der Waals surface area contributed by atoms with Crippen LogP contribution in [0.1, 0.15) is 12.5 Å². The van der Waals surface area contributed by atoms with Gasteiger partial charge in [-0.15, -0.1) is 0 Å². The molecule has 0 spiro atoms. The third kappa shape index (κ3) is 5.84. The molecule has 0 fully saturated rings. The fraction of sp³-hybridized carbons (Fsp3) is 0.235. The lowest BCUT2D eigenvalue weighted by atomic mass is 10.2. The summed E-state index contributed by atoms with van der Waals surface area (Å²) in [7, 11) is -3.76. The molecule has 2 aromatic carbocycles. The van der Waals surface area contributed by atoms with Gasteiger partial charge in [0.25, 0.3) is 0 Å². The number of anilines is 1. The van der Waals surface area contributed by atoms with Crippen molar-refractivity contribution in [1.82, 2.24) is 4.72 Å². The second kappa shape index (κ2) is 8.59. The summed E-state index contributed by atoms with van der Waals surface area (Å²) in [5.41, 5.74) is 0.486. The first-order valence-electron chi connectivity index (χ1n) is 7.63. The molecule has 0 saturated carbocycles. The summed E-state index contributed by atoms with van der Waals surface area (Å²) in [5.74, 6) is -1.10. The highest BCUT2D eigenvalue weighted by Crippen LogP contribution is 2.20. The van der Waals surface area contributed by atoms with Crippen molar-refractivity contribution in [3.05, 3.63) is 59.9 Å². The van der Waals surface area contributed by atoms with E-state index in [9.17, 15) is 17.6 Å². The van der Waals surface area contributed by atoms with Gasteiger partial charge in [-0.25, -0.2) is 17.5 Å². The zero-order valence-corrected chi connectivity index (χ0v) is 14.5. The topological polar surface area (TPSA) is 84.5 Å². The number of rotatable bonds is 8. The van der Waals surface area contributed by atoms with Gasteiger partial charge in [0.05, 0.1) is 24.6 Å². The second-order valence-electron chi connectivity index (χ2n) is 5.15. The highest BCUT2D eigenvalue weighted by molar-refractivity contribution is 7.88. The lowest BCUT2D eigenvalue weighted by Gasteiger charge is -2.11. The number of benzene rings is 2. The molecule has 0 radical (unpaired) electrons. The maximum Gasteiger partial charge on any atom is 0.239 e. The molecule has 2 N–H and O–H groups in total. The predicted octanol–water partition coefficient (Wildman–Crippen LogP) is 2.28. The van der Waals surface area contributed by atoms with Gasteiger partial charge in [-0.1, -0.05) is 30.3 Å². The number of carbonyl (C=O) groups is 1. The first kappa shape index (κ1) is 18.9. The number of carbonyl (C=O) groups excluding carboxylic acids is 1. The minimum atomic E-state index is -3.76. The van der Waals surface area contributed by atoms with Crippen LogP contribution in [-0.2, 0) is 20.6 Å². The zero-order chi connectivity index (χ0) is 18.3. The van der Waals surface area contributed by atoms with Gasteiger partial charge in [0.15, 0.2) is 0 Å². The first-order valence-corrected chi connectivity index (χ1v) is 9.29. The Morgan fingerprint density at radius 3 is 2.52 bits per heavy atom. The molecule has 0 atom stereocenters. The molecule has 134 valence electrons. The number of nitrogens with one attached hydrogen (secondary N) is 2. The predicted molar refractivity (Wildman–Crippen MR) is 93.3 cm³/mol. The Morgan fingerprint density at radius 2 is 1.80 bits per heavy atom. The average Bonchev–Trinajstić information content (AvgIpc) is 2.57. The summed E-state index contributed by atoms with van der Waals surface area (Å²) in [6, 6.07) is 12.4. The fourth-order valence-electron chi connectivity index (χ4n) is 2.11. The van der Waals surface area contributed by atoms with E-state index in [2.05, 4.69) is 10.0 Å². The molecule has 2 aromatic rings. The molecule has 0 aromatic heterocycles. The van der Waals surface area contributed by atoms with Crippen LogP contribution in [0.15, 0.2) is 48.5 Å². The van der Waals surface area contributed by atoms with Gasteiger partial charge in [-0.2, -0.15) is 0 Å². The summed E-state index contributed by atoms with van der Waals surface area (Å²) in [6.07, 6.45) is 0. The number of hydrogen-bond acceptors (Lipinski definition) is 4. The van der Waals surface area contributed by atoms with Crippen molar-refractivity contribution in [3.63, 3.8) is 0 Å². The molecule has 2 rings (SSSR count). The van der Waals surface area contributed by atoms with Gasteiger partial charge in [0.1, 0.15) is 11.6 Å². The Balaban J connectivity index is 1.95. The van der Waals surface area contributed by atoms with Crippen LogP contribution in [0.4, 0.5) is 10.1 Å². The van der Waals surface area contributed by atoms with E-state index < -0.39 is 28.3 Å². The van der Waals surface area contributed by atoms with Crippen LogP contribution in [0.5, 0.6) is 5.75 Å². The monoisotopic (exact) mass is 366 g/mol. The molecule has 0 aliphatic carbocycles. The summed E-state index contributed by atoms with van der Waals surface area (Å²) in [4.78, 5) is 11.8. The summed E-state index contributed by atoms with van der Waals surface area (Å²) >= 11 is 0. The molecule has 25 heavy (non-hydrogen) atoms. The molecule has 6 nitrogen and oxygen atoms in total. The normalized spacial score (nSPS) is 11.1. The highest BCUT2D eigenvalue weighted by atomic mass is 32.2. The standard InChI is InChI=1S/C17H19FN2O4S/c1-2-24-16-10-6-3-7-13(16)12-25(22,23)19-11-17(21)20-15-9-5-4-8-14(15)18/h3-10,19H,2,11-12H2,1H3,(H,20,21). The Bertz CT molecular complexity index is 840. The van der Waals surface area contributed by atoms with Crippen LogP contribution in [0.25, 0.3) is 0 Å². The van der Waals surface area contributed by atoms with Crippen molar-refractivity contribution in [2.24, 2.45) is 0 Å². The summed E-state index contributed by atoms with van der Waals surface area (Å²) in [5, 5.41) is 2.31. The minimum Gasteiger partial charge on any atom is -0.494 e. The van der Waals surface area contributed by atoms with E-state index in [-0.39, 0.29) is 11.4 Å². The SMILES string of the molecule is CCOc1ccccc1CS(=O)(=O)NCC(=O)Nc1ccccc1F. The largest absolute Gasteiger partial charge is 0.494 e. The highest BCUT2D eigenvalue weighted by Gasteiger charge is 2.16. The van der Waals surface area contributed by atoms with E-state index in [1.807, 2.05) is 0 Å². The number of hydrogen-bond donors (Lipinski definition) is 2. The molecular weight excluding hydrogens is 347 g/mol. The first-order chi connectivity index (χ1) is 11.9. The zero-order valence-electron chi connectivity index (χ0n) is 13.7. The van der Waals surface area contributed by atoms with E-state index >= 15 is 0 Å². The van der Waals surface area contributed by atoms with Gasteiger partial charge in [-0.05, 0) is 25.1 Å². The van der Waals surface area contributed by atoms with Crippen LogP contribution >= 0.6 is 0 Å². The van der Waals surface area contributed by atoms with Gasteiger partial charge >= 0.3 is 0 Å².